The number of nitrogens with zero attached hydrogens (tertiary/aromatic N) is 4. The first-order chi connectivity index (χ1) is 28.7. The summed E-state index contributed by atoms with van der Waals surface area (Å²) < 4.78 is 9.06. The van der Waals surface area contributed by atoms with Crippen LogP contribution in [0.15, 0.2) is 199 Å². The zero-order valence-electron chi connectivity index (χ0n) is 31.2. The van der Waals surface area contributed by atoms with Gasteiger partial charge in [0.25, 0.3) is 0 Å². The van der Waals surface area contributed by atoms with E-state index in [-0.39, 0.29) is 0 Å². The number of benzene rings is 9. The molecule has 5 heteroatoms. The summed E-state index contributed by atoms with van der Waals surface area (Å²) >= 11 is 0. The van der Waals surface area contributed by atoms with Crippen molar-refractivity contribution in [2.75, 3.05) is 0 Å². The molecule has 12 rings (SSSR count). The summed E-state index contributed by atoms with van der Waals surface area (Å²) in [6, 6.07) is 68.0. The van der Waals surface area contributed by atoms with E-state index >= 15 is 0 Å². The number of aromatic nitrogens is 4. The monoisotopic (exact) mass is 740 g/mol. The van der Waals surface area contributed by atoms with E-state index in [0.29, 0.717) is 17.5 Å². The van der Waals surface area contributed by atoms with Gasteiger partial charge in [-0.1, -0.05) is 164 Å². The van der Waals surface area contributed by atoms with Crippen molar-refractivity contribution in [3.8, 4) is 51.0 Å². The van der Waals surface area contributed by atoms with Gasteiger partial charge in [-0.15, -0.1) is 0 Å². The maximum atomic E-state index is 6.69. The molecule has 9 aromatic carbocycles. The van der Waals surface area contributed by atoms with E-state index in [9.17, 15) is 0 Å². The Morgan fingerprint density at radius 3 is 1.79 bits per heavy atom. The molecule has 0 saturated heterocycles. The summed E-state index contributed by atoms with van der Waals surface area (Å²) in [5.74, 6) is 1.78. The lowest BCUT2D eigenvalue weighted by atomic mass is 10.00. The van der Waals surface area contributed by atoms with Crippen molar-refractivity contribution >= 4 is 65.3 Å². The van der Waals surface area contributed by atoms with Gasteiger partial charge in [0, 0.05) is 49.7 Å². The zero-order valence-corrected chi connectivity index (χ0v) is 31.2. The SMILES string of the molecule is c1ccc(-c2nc(-c3ccc(-c4ccc5ccccc5c4)cc3)nc(-c3cc(-n4c5ccccc5c5ccc6ccccc6c54)cc4oc5ccccc5c34)n2)cc1. The van der Waals surface area contributed by atoms with Gasteiger partial charge < -0.3 is 8.98 Å². The standard InChI is InChI=1S/C53H32N4O/c1-2-14-36(15-3-1)51-54-52(37-25-22-34(23-26-37)39-27-24-33-12-4-5-16-38(33)30-39)56-53(55-51)45-31-40(32-48-49(45)44-19-9-11-21-47(44)58-48)57-46-20-10-8-18-42(46)43-29-28-35-13-6-7-17-41(35)50(43)57/h1-32H. The van der Waals surface area contributed by atoms with Gasteiger partial charge in [-0.25, -0.2) is 15.0 Å². The molecule has 0 saturated carbocycles. The van der Waals surface area contributed by atoms with E-state index in [1.54, 1.807) is 0 Å². The molecule has 0 bridgehead atoms. The quantitative estimate of drug-likeness (QED) is 0.176. The highest BCUT2D eigenvalue weighted by molar-refractivity contribution is 6.19. The van der Waals surface area contributed by atoms with Crippen molar-refractivity contribution in [1.82, 2.24) is 19.5 Å². The summed E-state index contributed by atoms with van der Waals surface area (Å²) in [4.78, 5) is 15.7. The molecule has 3 heterocycles. The normalized spacial score (nSPS) is 11.8. The molecule has 0 N–H and O–H groups in total. The smallest absolute Gasteiger partial charge is 0.164 e. The van der Waals surface area contributed by atoms with Gasteiger partial charge >= 0.3 is 0 Å². The maximum Gasteiger partial charge on any atom is 0.164 e. The number of hydrogen-bond donors (Lipinski definition) is 0. The van der Waals surface area contributed by atoms with E-state index < -0.39 is 0 Å². The number of hydrogen-bond acceptors (Lipinski definition) is 4. The number of rotatable bonds is 5. The summed E-state index contributed by atoms with van der Waals surface area (Å²) in [5.41, 5.74) is 9.79. The predicted molar refractivity (Wildman–Crippen MR) is 238 cm³/mol. The van der Waals surface area contributed by atoms with Crippen molar-refractivity contribution in [3.05, 3.63) is 194 Å². The Morgan fingerprint density at radius 1 is 0.362 bits per heavy atom. The van der Waals surface area contributed by atoms with Crippen LogP contribution in [-0.4, -0.2) is 19.5 Å². The van der Waals surface area contributed by atoms with E-state index in [1.807, 2.05) is 42.5 Å². The molecule has 0 aliphatic heterocycles. The largest absolute Gasteiger partial charge is 0.456 e. The van der Waals surface area contributed by atoms with Crippen molar-refractivity contribution in [2.24, 2.45) is 0 Å². The third-order valence-corrected chi connectivity index (χ3v) is 11.4. The van der Waals surface area contributed by atoms with Crippen LogP contribution in [0.1, 0.15) is 0 Å². The van der Waals surface area contributed by atoms with E-state index in [2.05, 4.69) is 156 Å². The van der Waals surface area contributed by atoms with Crippen LogP contribution in [0, 0.1) is 0 Å². The van der Waals surface area contributed by atoms with Crippen LogP contribution in [0.4, 0.5) is 0 Å². The molecule has 0 spiro atoms. The van der Waals surface area contributed by atoms with E-state index in [1.165, 1.54) is 32.3 Å². The van der Waals surface area contributed by atoms with Gasteiger partial charge in [-0.2, -0.15) is 0 Å². The fraction of sp³-hybridized carbons (Fsp3) is 0. The average molecular weight is 741 g/mol. The van der Waals surface area contributed by atoms with Crippen LogP contribution in [-0.2, 0) is 0 Å². The Labute approximate surface area is 333 Å². The van der Waals surface area contributed by atoms with Crippen LogP contribution in [0.2, 0.25) is 0 Å². The third-order valence-electron chi connectivity index (χ3n) is 11.4. The Bertz CT molecular complexity index is 3560. The first-order valence-electron chi connectivity index (χ1n) is 19.5. The number of furan rings is 1. The molecule has 0 fully saturated rings. The zero-order chi connectivity index (χ0) is 38.2. The lowest BCUT2D eigenvalue weighted by Crippen LogP contribution is -2.02. The molecule has 0 amide bonds. The lowest BCUT2D eigenvalue weighted by molar-refractivity contribution is 0.668. The first-order valence-corrected chi connectivity index (χ1v) is 19.5. The van der Waals surface area contributed by atoms with Crippen LogP contribution in [0.25, 0.3) is 116 Å². The first kappa shape index (κ1) is 32.4. The van der Waals surface area contributed by atoms with Crippen LogP contribution in [0.3, 0.4) is 0 Å². The summed E-state index contributed by atoms with van der Waals surface area (Å²) in [6.07, 6.45) is 0. The molecule has 0 radical (unpaired) electrons. The predicted octanol–water partition coefficient (Wildman–Crippen LogP) is 13.8. The Morgan fingerprint density at radius 2 is 0.966 bits per heavy atom. The van der Waals surface area contributed by atoms with E-state index in [4.69, 9.17) is 19.4 Å². The Balaban J connectivity index is 1.11. The Kier molecular flexibility index (Phi) is 7.16. The number of para-hydroxylation sites is 2. The number of fused-ring (bicyclic) bond motifs is 9. The minimum Gasteiger partial charge on any atom is -0.456 e. The van der Waals surface area contributed by atoms with Gasteiger partial charge in [0.2, 0.25) is 0 Å². The maximum absolute atomic E-state index is 6.69. The lowest BCUT2D eigenvalue weighted by Gasteiger charge is -2.14. The molecular formula is C53H32N4O. The van der Waals surface area contributed by atoms with Gasteiger partial charge in [-0.05, 0) is 51.6 Å². The summed E-state index contributed by atoms with van der Waals surface area (Å²) in [6.45, 7) is 0. The molecule has 3 aromatic heterocycles. The molecule has 0 atom stereocenters. The fourth-order valence-electron chi connectivity index (χ4n) is 8.67. The molecule has 5 nitrogen and oxygen atoms in total. The van der Waals surface area contributed by atoms with Crippen molar-refractivity contribution in [3.63, 3.8) is 0 Å². The molecule has 0 unspecified atom stereocenters. The highest BCUT2D eigenvalue weighted by Crippen LogP contribution is 2.42. The van der Waals surface area contributed by atoms with E-state index in [0.717, 1.165) is 66.5 Å². The second kappa shape index (κ2) is 12.8. The summed E-state index contributed by atoms with van der Waals surface area (Å²) in [7, 11) is 0. The molecule has 0 aliphatic rings. The van der Waals surface area contributed by atoms with Crippen molar-refractivity contribution < 1.29 is 4.42 Å². The highest BCUT2D eigenvalue weighted by Gasteiger charge is 2.22. The van der Waals surface area contributed by atoms with Gasteiger partial charge in [0.1, 0.15) is 11.2 Å². The minimum absolute atomic E-state index is 0.575. The third kappa shape index (κ3) is 5.14. The van der Waals surface area contributed by atoms with Crippen LogP contribution in [0.5, 0.6) is 0 Å². The minimum atomic E-state index is 0.575. The topological polar surface area (TPSA) is 56.7 Å². The van der Waals surface area contributed by atoms with Crippen LogP contribution < -0.4 is 0 Å². The second-order valence-corrected chi connectivity index (χ2v) is 14.8. The van der Waals surface area contributed by atoms with Gasteiger partial charge in [0.05, 0.1) is 16.7 Å². The molecule has 12 aromatic rings. The fourth-order valence-corrected chi connectivity index (χ4v) is 8.67. The van der Waals surface area contributed by atoms with Gasteiger partial charge in [-0.3, -0.25) is 0 Å². The molecule has 58 heavy (non-hydrogen) atoms. The molecular weight excluding hydrogens is 709 g/mol. The van der Waals surface area contributed by atoms with Gasteiger partial charge in [0.15, 0.2) is 17.5 Å². The highest BCUT2D eigenvalue weighted by atomic mass is 16.3. The molecule has 0 aliphatic carbocycles. The van der Waals surface area contributed by atoms with Crippen LogP contribution >= 0.6 is 0 Å². The Hall–Kier alpha value is -7.89. The summed E-state index contributed by atoms with van der Waals surface area (Å²) in [5, 5.41) is 9.17. The van der Waals surface area contributed by atoms with Crippen molar-refractivity contribution in [1.29, 1.82) is 0 Å². The van der Waals surface area contributed by atoms with Crippen molar-refractivity contribution in [2.45, 2.75) is 0 Å². The molecule has 270 valence electrons. The second-order valence-electron chi connectivity index (χ2n) is 14.8. The average Bonchev–Trinajstić information content (AvgIpc) is 3.85.